The van der Waals surface area contributed by atoms with E-state index in [1.54, 1.807) is 19.2 Å². The summed E-state index contributed by atoms with van der Waals surface area (Å²) in [6.45, 7) is 9.64. The Morgan fingerprint density at radius 1 is 1.19 bits per heavy atom. The van der Waals surface area contributed by atoms with Crippen LogP contribution in [0.3, 0.4) is 0 Å². The Labute approximate surface area is 209 Å². The lowest BCUT2D eigenvalue weighted by atomic mass is 9.91. The van der Waals surface area contributed by atoms with Crippen molar-refractivity contribution in [3.8, 4) is 11.5 Å². The number of aromatic nitrogens is 6. The number of anilines is 3. The lowest BCUT2D eigenvalue weighted by molar-refractivity contribution is 0.183. The molecule has 1 aliphatic heterocycles. The maximum absolute atomic E-state index is 7.86. The Balaban J connectivity index is 1.43. The Morgan fingerprint density at radius 2 is 1.94 bits per heavy atom. The average molecular weight is 490 g/mol. The van der Waals surface area contributed by atoms with Crippen molar-refractivity contribution >= 4 is 34.5 Å². The molecule has 0 saturated carbocycles. The van der Waals surface area contributed by atoms with Crippen LogP contribution in [0.2, 0.25) is 0 Å². The summed E-state index contributed by atoms with van der Waals surface area (Å²) in [5.41, 5.74) is 9.17. The van der Waals surface area contributed by atoms with Crippen LogP contribution in [0.15, 0.2) is 30.6 Å². The highest BCUT2D eigenvalue weighted by Crippen LogP contribution is 2.32. The first-order chi connectivity index (χ1) is 17.1. The summed E-state index contributed by atoms with van der Waals surface area (Å²) < 4.78 is 15.6. The molecule has 11 heteroatoms. The molecule has 11 nitrogen and oxygen atoms in total. The van der Waals surface area contributed by atoms with Crippen LogP contribution in [0.25, 0.3) is 11.2 Å². The summed E-state index contributed by atoms with van der Waals surface area (Å²) in [6.07, 6.45) is 4.09. The van der Waals surface area contributed by atoms with Gasteiger partial charge < -0.3 is 30.5 Å². The predicted octanol–water partition coefficient (Wildman–Crippen LogP) is 4.32. The van der Waals surface area contributed by atoms with E-state index >= 15 is 0 Å². The predicted molar refractivity (Wildman–Crippen MR) is 138 cm³/mol. The standard InChI is InChI=1S/C25H31N9O2/c1-14(26)18-8-16(11-28-22(18)27)36-17-9-19-23(29-12-17)31-24(33(19)5)30-21-10-20(25(2,3)4)34(32-21)15-6-7-35-13-15/h8-12,15,26H,6-7,13H2,1-5H3,(H2,27,28)(H,29,30,31,32)/t15-/m0/s1. The SMILES string of the molecule is CC(=N)c1cc(Oc2cnc3nc(Nc4cc(C(C)(C)C)n([C@H]5CCOC5)n4)n(C)c3c2)cnc1N. The molecular weight excluding hydrogens is 458 g/mol. The average Bonchev–Trinajstić information content (AvgIpc) is 3.55. The molecule has 1 atom stereocenters. The summed E-state index contributed by atoms with van der Waals surface area (Å²) in [7, 11) is 1.91. The second-order valence-corrected chi connectivity index (χ2v) is 10.1. The van der Waals surface area contributed by atoms with Crippen molar-refractivity contribution in [2.75, 3.05) is 24.3 Å². The highest BCUT2D eigenvalue weighted by molar-refractivity contribution is 6.00. The van der Waals surface area contributed by atoms with Crippen LogP contribution in [0.5, 0.6) is 11.5 Å². The van der Waals surface area contributed by atoms with Gasteiger partial charge in [-0.3, -0.25) is 4.68 Å². The summed E-state index contributed by atoms with van der Waals surface area (Å²) in [6, 6.07) is 5.87. The smallest absolute Gasteiger partial charge is 0.210 e. The van der Waals surface area contributed by atoms with Gasteiger partial charge in [-0.25, -0.2) is 9.97 Å². The van der Waals surface area contributed by atoms with E-state index in [1.165, 1.54) is 6.20 Å². The van der Waals surface area contributed by atoms with E-state index in [4.69, 9.17) is 25.7 Å². The number of aryl methyl sites for hydroxylation is 1. The Kier molecular flexibility index (Phi) is 5.87. The van der Waals surface area contributed by atoms with Crippen LogP contribution in [-0.2, 0) is 17.2 Å². The summed E-state index contributed by atoms with van der Waals surface area (Å²) >= 11 is 0. The lowest BCUT2D eigenvalue weighted by Gasteiger charge is -2.22. The van der Waals surface area contributed by atoms with Crippen LogP contribution in [0.4, 0.5) is 17.6 Å². The molecule has 1 saturated heterocycles. The van der Waals surface area contributed by atoms with Gasteiger partial charge in [-0.2, -0.15) is 10.1 Å². The van der Waals surface area contributed by atoms with E-state index in [0.717, 1.165) is 30.1 Å². The molecule has 0 aliphatic carbocycles. The Morgan fingerprint density at radius 3 is 2.64 bits per heavy atom. The number of ether oxygens (including phenoxy) is 2. The van der Waals surface area contributed by atoms with Gasteiger partial charge in [0.05, 0.1) is 30.6 Å². The van der Waals surface area contributed by atoms with Gasteiger partial charge >= 0.3 is 0 Å². The van der Waals surface area contributed by atoms with Crippen LogP contribution < -0.4 is 15.8 Å². The lowest BCUT2D eigenvalue weighted by Crippen LogP contribution is -2.22. The fourth-order valence-corrected chi connectivity index (χ4v) is 4.29. The van der Waals surface area contributed by atoms with Crippen molar-refractivity contribution in [2.24, 2.45) is 7.05 Å². The number of hydrogen-bond acceptors (Lipinski definition) is 9. The first-order valence-corrected chi connectivity index (χ1v) is 11.9. The van der Waals surface area contributed by atoms with Gasteiger partial charge in [0.25, 0.3) is 0 Å². The van der Waals surface area contributed by atoms with Gasteiger partial charge in [0.1, 0.15) is 17.3 Å². The fraction of sp³-hybridized carbons (Fsp3) is 0.400. The number of nitrogens with two attached hydrogens (primary N) is 1. The molecular formula is C25H31N9O2. The normalized spacial score (nSPS) is 16.0. The molecule has 188 valence electrons. The van der Waals surface area contributed by atoms with E-state index in [2.05, 4.69) is 51.8 Å². The highest BCUT2D eigenvalue weighted by atomic mass is 16.5. The van der Waals surface area contributed by atoms with E-state index in [-0.39, 0.29) is 11.5 Å². The van der Waals surface area contributed by atoms with Gasteiger partial charge in [0, 0.05) is 48.2 Å². The summed E-state index contributed by atoms with van der Waals surface area (Å²) in [5.74, 6) is 2.65. The molecule has 4 N–H and O–H groups in total. The molecule has 5 rings (SSSR count). The van der Waals surface area contributed by atoms with Crippen molar-refractivity contribution in [1.82, 2.24) is 29.3 Å². The largest absolute Gasteiger partial charge is 0.454 e. The van der Waals surface area contributed by atoms with Crippen molar-refractivity contribution in [2.45, 2.75) is 45.6 Å². The number of rotatable bonds is 6. The molecule has 5 heterocycles. The number of nitrogens with zero attached hydrogens (tertiary/aromatic N) is 6. The molecule has 4 aromatic rings. The maximum Gasteiger partial charge on any atom is 0.210 e. The van der Waals surface area contributed by atoms with Crippen molar-refractivity contribution in [3.63, 3.8) is 0 Å². The topological polar surface area (TPSA) is 142 Å². The van der Waals surface area contributed by atoms with Gasteiger partial charge in [-0.1, -0.05) is 20.8 Å². The van der Waals surface area contributed by atoms with Gasteiger partial charge in [0.15, 0.2) is 11.5 Å². The molecule has 0 bridgehead atoms. The quantitative estimate of drug-likeness (QED) is 0.340. The third-order valence-corrected chi connectivity index (χ3v) is 6.24. The zero-order valence-electron chi connectivity index (χ0n) is 21.2. The second-order valence-electron chi connectivity index (χ2n) is 10.1. The Bertz CT molecular complexity index is 1440. The van der Waals surface area contributed by atoms with E-state index in [9.17, 15) is 0 Å². The van der Waals surface area contributed by atoms with Crippen LogP contribution in [0, 0.1) is 5.41 Å². The van der Waals surface area contributed by atoms with Gasteiger partial charge in [-0.05, 0) is 19.4 Å². The maximum atomic E-state index is 7.86. The number of pyridine rings is 2. The zero-order valence-corrected chi connectivity index (χ0v) is 21.2. The van der Waals surface area contributed by atoms with Gasteiger partial charge in [0.2, 0.25) is 5.95 Å². The van der Waals surface area contributed by atoms with Crippen LogP contribution in [-0.4, -0.2) is 48.2 Å². The summed E-state index contributed by atoms with van der Waals surface area (Å²) in [4.78, 5) is 13.3. The van der Waals surface area contributed by atoms with Crippen molar-refractivity contribution in [3.05, 3.63) is 41.9 Å². The molecule has 36 heavy (non-hydrogen) atoms. The van der Waals surface area contributed by atoms with Crippen LogP contribution in [0.1, 0.15) is 51.4 Å². The molecule has 0 aromatic carbocycles. The first-order valence-electron chi connectivity index (χ1n) is 11.9. The highest BCUT2D eigenvalue weighted by Gasteiger charge is 2.28. The molecule has 0 unspecified atom stereocenters. The molecule has 0 radical (unpaired) electrons. The number of imidazole rings is 1. The molecule has 4 aromatic heterocycles. The molecule has 1 aliphatic rings. The monoisotopic (exact) mass is 489 g/mol. The first kappa shape index (κ1) is 23.7. The fourth-order valence-electron chi connectivity index (χ4n) is 4.29. The van der Waals surface area contributed by atoms with Crippen LogP contribution >= 0.6 is 0 Å². The minimum atomic E-state index is -0.0667. The van der Waals surface area contributed by atoms with E-state index in [1.807, 2.05) is 17.7 Å². The molecule has 0 amide bonds. The number of nitrogen functional groups attached to an aromatic ring is 1. The van der Waals surface area contributed by atoms with E-state index in [0.29, 0.717) is 46.8 Å². The van der Waals surface area contributed by atoms with E-state index < -0.39 is 0 Å². The minimum Gasteiger partial charge on any atom is -0.454 e. The number of nitrogens with one attached hydrogen (secondary N) is 2. The minimum absolute atomic E-state index is 0.0667. The third kappa shape index (κ3) is 4.49. The molecule has 0 spiro atoms. The van der Waals surface area contributed by atoms with Gasteiger partial charge in [-0.15, -0.1) is 0 Å². The third-order valence-electron chi connectivity index (χ3n) is 6.24. The second kappa shape index (κ2) is 8.90. The Hall–Kier alpha value is -3.99. The summed E-state index contributed by atoms with van der Waals surface area (Å²) in [5, 5.41) is 16.1. The molecule has 1 fully saturated rings. The zero-order chi connectivity index (χ0) is 25.6. The number of hydrogen-bond donors (Lipinski definition) is 3. The van der Waals surface area contributed by atoms with Crippen molar-refractivity contribution in [1.29, 1.82) is 5.41 Å². The van der Waals surface area contributed by atoms with Crippen molar-refractivity contribution < 1.29 is 9.47 Å². The number of fused-ring (bicyclic) bond motifs is 1.